The molecule has 1 fully saturated rings. The highest BCUT2D eigenvalue weighted by Crippen LogP contribution is 2.31. The summed E-state index contributed by atoms with van der Waals surface area (Å²) < 4.78 is 10.5. The largest absolute Gasteiger partial charge is 0.496 e. The highest BCUT2D eigenvalue weighted by atomic mass is 16.6. The van der Waals surface area contributed by atoms with Gasteiger partial charge in [0.1, 0.15) is 16.9 Å². The van der Waals surface area contributed by atoms with Crippen LogP contribution in [0.2, 0.25) is 0 Å². The van der Waals surface area contributed by atoms with Crippen molar-refractivity contribution in [2.45, 2.75) is 45.1 Å². The van der Waals surface area contributed by atoms with Crippen LogP contribution in [-0.4, -0.2) is 47.9 Å². The maximum Gasteiger partial charge on any atom is 0.410 e. The van der Waals surface area contributed by atoms with Gasteiger partial charge in [0, 0.05) is 19.0 Å². The number of nitrogens with zero attached hydrogens (tertiary/aromatic N) is 1. The van der Waals surface area contributed by atoms with Crippen LogP contribution in [0.4, 0.5) is 4.79 Å². The Kier molecular flexibility index (Phi) is 5.36. The van der Waals surface area contributed by atoms with E-state index in [0.29, 0.717) is 18.8 Å². The number of piperidine rings is 1. The molecule has 0 radical (unpaired) electrons. The van der Waals surface area contributed by atoms with Gasteiger partial charge in [-0.1, -0.05) is 6.07 Å². The number of carboxylic acid groups (broad SMARTS) is 1. The van der Waals surface area contributed by atoms with Gasteiger partial charge in [0.05, 0.1) is 7.11 Å². The van der Waals surface area contributed by atoms with E-state index in [0.717, 1.165) is 18.4 Å². The van der Waals surface area contributed by atoms with E-state index in [4.69, 9.17) is 9.47 Å². The van der Waals surface area contributed by atoms with Gasteiger partial charge in [-0.25, -0.2) is 9.59 Å². The van der Waals surface area contributed by atoms with Crippen LogP contribution < -0.4 is 4.74 Å². The second-order valence-electron chi connectivity index (χ2n) is 7.03. The van der Waals surface area contributed by atoms with Gasteiger partial charge in [0.25, 0.3) is 0 Å². The summed E-state index contributed by atoms with van der Waals surface area (Å²) in [5.41, 5.74) is 0.520. The SMILES string of the molecule is COc1ccc(C2CCCN(C(=O)OC(C)(C)C)C2)cc1C(=O)O. The molecule has 0 bridgehead atoms. The van der Waals surface area contributed by atoms with Gasteiger partial charge >= 0.3 is 12.1 Å². The van der Waals surface area contributed by atoms with Crippen molar-refractivity contribution >= 4 is 12.1 Å². The van der Waals surface area contributed by atoms with E-state index in [1.165, 1.54) is 7.11 Å². The molecular formula is C18H25NO5. The number of carboxylic acids is 1. The van der Waals surface area contributed by atoms with Gasteiger partial charge < -0.3 is 19.5 Å². The zero-order valence-electron chi connectivity index (χ0n) is 14.7. The second kappa shape index (κ2) is 7.11. The Hall–Kier alpha value is -2.24. The van der Waals surface area contributed by atoms with E-state index >= 15 is 0 Å². The molecule has 24 heavy (non-hydrogen) atoms. The van der Waals surface area contributed by atoms with Crippen LogP contribution in [0.3, 0.4) is 0 Å². The smallest absolute Gasteiger partial charge is 0.410 e. The van der Waals surface area contributed by atoms with Crippen molar-refractivity contribution in [1.82, 2.24) is 4.90 Å². The predicted molar refractivity (Wildman–Crippen MR) is 89.7 cm³/mol. The van der Waals surface area contributed by atoms with Crippen LogP contribution in [-0.2, 0) is 4.74 Å². The number of benzene rings is 1. The molecule has 6 nitrogen and oxygen atoms in total. The average Bonchev–Trinajstić information content (AvgIpc) is 2.52. The lowest BCUT2D eigenvalue weighted by molar-refractivity contribution is 0.0198. The first-order chi connectivity index (χ1) is 11.2. The molecule has 0 aliphatic carbocycles. The Morgan fingerprint density at radius 3 is 2.58 bits per heavy atom. The molecule has 1 aromatic rings. The molecule has 1 aliphatic rings. The Morgan fingerprint density at radius 1 is 1.29 bits per heavy atom. The van der Waals surface area contributed by atoms with Crippen molar-refractivity contribution in [2.75, 3.05) is 20.2 Å². The van der Waals surface area contributed by atoms with Crippen LogP contribution in [0.1, 0.15) is 55.5 Å². The molecule has 132 valence electrons. The van der Waals surface area contributed by atoms with Crippen LogP contribution in [0.5, 0.6) is 5.75 Å². The number of likely N-dealkylation sites (tertiary alicyclic amines) is 1. The lowest BCUT2D eigenvalue weighted by atomic mass is 9.89. The molecule has 6 heteroatoms. The van der Waals surface area contributed by atoms with Crippen molar-refractivity contribution in [3.63, 3.8) is 0 Å². The fraction of sp³-hybridized carbons (Fsp3) is 0.556. The molecule has 1 amide bonds. The maximum atomic E-state index is 12.3. The molecule has 1 heterocycles. The monoisotopic (exact) mass is 335 g/mol. The van der Waals surface area contributed by atoms with Gasteiger partial charge in [-0.3, -0.25) is 0 Å². The molecule has 1 saturated heterocycles. The molecule has 0 spiro atoms. The third kappa shape index (κ3) is 4.40. The summed E-state index contributed by atoms with van der Waals surface area (Å²) in [5, 5.41) is 9.32. The number of amides is 1. The molecular weight excluding hydrogens is 310 g/mol. The van der Waals surface area contributed by atoms with E-state index < -0.39 is 11.6 Å². The number of hydrogen-bond acceptors (Lipinski definition) is 4. The first-order valence-electron chi connectivity index (χ1n) is 8.10. The van der Waals surface area contributed by atoms with Crippen molar-refractivity contribution < 1.29 is 24.2 Å². The molecule has 1 N–H and O–H groups in total. The molecule has 1 atom stereocenters. The van der Waals surface area contributed by atoms with Crippen LogP contribution in [0.15, 0.2) is 18.2 Å². The van der Waals surface area contributed by atoms with E-state index in [1.807, 2.05) is 26.8 Å². The summed E-state index contributed by atoms with van der Waals surface area (Å²) >= 11 is 0. The van der Waals surface area contributed by atoms with E-state index in [-0.39, 0.29) is 17.6 Å². The second-order valence-corrected chi connectivity index (χ2v) is 7.03. The number of ether oxygens (including phenoxy) is 2. The average molecular weight is 335 g/mol. The quantitative estimate of drug-likeness (QED) is 0.915. The van der Waals surface area contributed by atoms with Crippen molar-refractivity contribution in [1.29, 1.82) is 0 Å². The van der Waals surface area contributed by atoms with Crippen molar-refractivity contribution in [3.8, 4) is 5.75 Å². The molecule has 1 unspecified atom stereocenters. The number of rotatable bonds is 3. The summed E-state index contributed by atoms with van der Waals surface area (Å²) in [4.78, 5) is 25.3. The standard InChI is InChI=1S/C18H25NO5/c1-18(2,3)24-17(22)19-9-5-6-13(11-19)12-7-8-15(23-4)14(10-12)16(20)21/h7-8,10,13H,5-6,9,11H2,1-4H3,(H,20,21). The lowest BCUT2D eigenvalue weighted by Gasteiger charge is -2.34. The van der Waals surface area contributed by atoms with Crippen molar-refractivity contribution in [3.05, 3.63) is 29.3 Å². The maximum absolute atomic E-state index is 12.3. The topological polar surface area (TPSA) is 76.1 Å². The first kappa shape index (κ1) is 18.1. The van der Waals surface area contributed by atoms with Crippen LogP contribution in [0.25, 0.3) is 0 Å². The Balaban J connectivity index is 2.16. The van der Waals surface area contributed by atoms with Crippen LogP contribution >= 0.6 is 0 Å². The van der Waals surface area contributed by atoms with Gasteiger partial charge in [-0.2, -0.15) is 0 Å². The fourth-order valence-corrected chi connectivity index (χ4v) is 2.89. The third-order valence-electron chi connectivity index (χ3n) is 4.00. The zero-order valence-corrected chi connectivity index (χ0v) is 14.7. The summed E-state index contributed by atoms with van der Waals surface area (Å²) in [6.07, 6.45) is 1.45. The Labute approximate surface area is 142 Å². The van der Waals surface area contributed by atoms with Gasteiger partial charge in [-0.05, 0) is 51.3 Å². The number of methoxy groups -OCH3 is 1. The number of carbonyl (C=O) groups excluding carboxylic acids is 1. The Morgan fingerprint density at radius 2 is 2.00 bits per heavy atom. The normalized spacial score (nSPS) is 18.2. The minimum atomic E-state index is -1.02. The van der Waals surface area contributed by atoms with Crippen molar-refractivity contribution in [2.24, 2.45) is 0 Å². The van der Waals surface area contributed by atoms with Gasteiger partial charge in [0.2, 0.25) is 0 Å². The third-order valence-corrected chi connectivity index (χ3v) is 4.00. The lowest BCUT2D eigenvalue weighted by Crippen LogP contribution is -2.42. The minimum absolute atomic E-state index is 0.0928. The molecule has 1 aromatic carbocycles. The molecule has 0 saturated carbocycles. The predicted octanol–water partition coefficient (Wildman–Crippen LogP) is 3.51. The van der Waals surface area contributed by atoms with Gasteiger partial charge in [0.15, 0.2) is 0 Å². The highest BCUT2D eigenvalue weighted by molar-refractivity contribution is 5.91. The number of aromatic carboxylic acids is 1. The summed E-state index contributed by atoms with van der Waals surface area (Å²) in [7, 11) is 1.45. The zero-order chi connectivity index (χ0) is 17.9. The van der Waals surface area contributed by atoms with Gasteiger partial charge in [-0.15, -0.1) is 0 Å². The molecule has 0 aromatic heterocycles. The van der Waals surface area contributed by atoms with Crippen LogP contribution in [0, 0.1) is 0 Å². The van der Waals surface area contributed by atoms with E-state index in [2.05, 4.69) is 0 Å². The first-order valence-corrected chi connectivity index (χ1v) is 8.10. The number of carbonyl (C=O) groups is 2. The summed E-state index contributed by atoms with van der Waals surface area (Å²) in [6, 6.07) is 5.18. The number of hydrogen-bond donors (Lipinski definition) is 1. The fourth-order valence-electron chi connectivity index (χ4n) is 2.89. The van der Waals surface area contributed by atoms with E-state index in [1.54, 1.807) is 17.0 Å². The highest BCUT2D eigenvalue weighted by Gasteiger charge is 2.29. The summed E-state index contributed by atoms with van der Waals surface area (Å²) in [6.45, 7) is 6.71. The van der Waals surface area contributed by atoms with E-state index in [9.17, 15) is 14.7 Å². The summed E-state index contributed by atoms with van der Waals surface area (Å²) in [5.74, 6) is -0.588. The minimum Gasteiger partial charge on any atom is -0.496 e. The molecule has 1 aliphatic heterocycles. The molecule has 2 rings (SSSR count). The Bertz CT molecular complexity index is 620.